The molecule has 34 heteroatoms. The summed E-state index contributed by atoms with van der Waals surface area (Å²) >= 11 is 0. The number of carbonyl (C=O) groups excluding carboxylic acids is 12. The molecule has 14 N–H and O–H groups in total. The van der Waals surface area contributed by atoms with Crippen LogP contribution in [0.5, 0.6) is 0 Å². The van der Waals surface area contributed by atoms with Crippen LogP contribution < -0.4 is 53.6 Å². The number of aromatic amines is 1. The third kappa shape index (κ3) is 19.1. The number of aliphatic hydroxyl groups is 1. The van der Waals surface area contributed by atoms with Crippen molar-refractivity contribution in [3.05, 3.63) is 18.2 Å². The minimum atomic E-state index is -1.77. The van der Waals surface area contributed by atoms with Gasteiger partial charge in [0.1, 0.15) is 72.5 Å². The van der Waals surface area contributed by atoms with E-state index in [1.54, 1.807) is 20.8 Å². The Labute approximate surface area is 525 Å². The smallest absolute Gasteiger partial charge is 0.327 e. The van der Waals surface area contributed by atoms with Crippen LogP contribution in [0.25, 0.3) is 0 Å². The van der Waals surface area contributed by atoms with E-state index >= 15 is 0 Å². The lowest BCUT2D eigenvalue weighted by atomic mass is 9.97. The van der Waals surface area contributed by atoms with Crippen molar-refractivity contribution in [2.75, 3.05) is 55.8 Å². The Balaban J connectivity index is 1.44. The van der Waals surface area contributed by atoms with Gasteiger partial charge in [-0.3, -0.25) is 57.5 Å². The van der Waals surface area contributed by atoms with Gasteiger partial charge in [0.2, 0.25) is 70.9 Å². The highest BCUT2D eigenvalue weighted by Crippen LogP contribution is 2.29. The molecule has 1 aromatic heterocycles. The second-order valence-corrected chi connectivity index (χ2v) is 27.3. The summed E-state index contributed by atoms with van der Waals surface area (Å²) in [5.41, 5.74) is 6.05. The molecule has 0 unspecified atom stereocenters. The fourth-order valence-electron chi connectivity index (χ4n) is 10.8. The monoisotopic (exact) mass is 1310 g/mol. The van der Waals surface area contributed by atoms with Crippen molar-refractivity contribution in [2.24, 2.45) is 11.7 Å². The van der Waals surface area contributed by atoms with Gasteiger partial charge < -0.3 is 83.5 Å². The van der Waals surface area contributed by atoms with Crippen molar-refractivity contribution < 1.29 is 72.5 Å². The highest BCUT2D eigenvalue weighted by Gasteiger charge is 2.46. The van der Waals surface area contributed by atoms with E-state index in [-0.39, 0.29) is 81.2 Å². The zero-order chi connectivity index (χ0) is 64.2. The predicted molar refractivity (Wildman–Crippen MR) is 327 cm³/mol. The van der Waals surface area contributed by atoms with Crippen molar-refractivity contribution in [2.45, 2.75) is 177 Å². The number of aliphatic carboxylic acids is 1. The van der Waals surface area contributed by atoms with Gasteiger partial charge in [-0.1, -0.05) is 90.1 Å². The maximum atomic E-state index is 14.8. The van der Waals surface area contributed by atoms with Gasteiger partial charge in [-0.25, -0.2) is 9.78 Å². The number of aromatic nitrogens is 2. The van der Waals surface area contributed by atoms with E-state index in [2.05, 4.69) is 57.8 Å². The number of unbranched alkanes of at least 4 members (excludes halogenated alkanes) is 1. The molecule has 488 valence electrons. The Morgan fingerprint density at radius 1 is 0.625 bits per heavy atom. The van der Waals surface area contributed by atoms with E-state index in [4.69, 9.17) is 5.73 Å². The predicted octanol–water partition coefficient (Wildman–Crippen LogP) is -3.24. The molecule has 0 spiro atoms. The van der Waals surface area contributed by atoms with Gasteiger partial charge >= 0.3 is 5.97 Å². The molecule has 0 saturated carbocycles. The molecule has 0 aliphatic carbocycles. The van der Waals surface area contributed by atoms with Gasteiger partial charge in [-0.15, -0.1) is 0 Å². The van der Waals surface area contributed by atoms with Crippen LogP contribution in [0.3, 0.4) is 0 Å². The fraction of sp³-hybridized carbons (Fsp3) is 0.704. The minimum absolute atomic E-state index is 0.0378. The first-order valence-electron chi connectivity index (χ1n) is 29.8. The van der Waals surface area contributed by atoms with Gasteiger partial charge in [-0.2, -0.15) is 0 Å². The standard InChI is InChI=1S/C54H83N15O15S4/c1-5-8-12-31-51(80)67-16-9-13-38(67)49(78)65-37(54(83)84)26-88-87-24-35-46(75)62-33(22-70)44(73)61-32(19-29-21-56-27-57-29)52(81)69-18-11-15-40(69)53(82)68-17-10-14-39(68)48(77)64-36(25-86-85-23-34(45(74)63-35)58-41(71)20-55)47(76)66-42(28(4)6-2)50(79)59-30(7-3)43(72)60-31/h21,27-28,30-40,42,70H,5-20,22-26,55H2,1-4H3,(H,56,57)(H,58,71)(H,59,79)(H,60,72)(H,61,73)(H,62,75)(H,63,74)(H,64,77)(H,65,78)(H,66,76)(H,83,84)/t28-,30+,31+,32+,33+,34+,35+,36+,37+,38+,39+,40+,42+/m1/s1. The van der Waals surface area contributed by atoms with E-state index in [0.717, 1.165) is 43.2 Å². The molecule has 5 fully saturated rings. The lowest BCUT2D eigenvalue weighted by Crippen LogP contribution is -2.61. The van der Waals surface area contributed by atoms with E-state index < -0.39 is 168 Å². The first kappa shape index (κ1) is 70.7. The van der Waals surface area contributed by atoms with Crippen molar-refractivity contribution in [1.82, 2.24) is 72.5 Å². The number of fused-ring (bicyclic) bond motifs is 11. The number of hydrogen-bond donors (Lipinski definition) is 13. The van der Waals surface area contributed by atoms with Gasteiger partial charge in [0.05, 0.1) is 19.5 Å². The second-order valence-electron chi connectivity index (χ2n) is 22.2. The third-order valence-electron chi connectivity index (χ3n) is 16.0. The Hall–Kier alpha value is -6.36. The van der Waals surface area contributed by atoms with Gasteiger partial charge in [0, 0.05) is 61.0 Å². The maximum Gasteiger partial charge on any atom is 0.327 e. The first-order valence-corrected chi connectivity index (χ1v) is 34.8. The highest BCUT2D eigenvalue weighted by atomic mass is 33.1. The molecule has 6 heterocycles. The summed E-state index contributed by atoms with van der Waals surface area (Å²) in [5.74, 6) is -12.8. The Kier molecular flexibility index (Phi) is 27.8. The number of imidazole rings is 1. The van der Waals surface area contributed by atoms with Crippen LogP contribution in [0.4, 0.5) is 0 Å². The molecule has 5 saturated heterocycles. The van der Waals surface area contributed by atoms with E-state index in [1.165, 1.54) is 27.2 Å². The number of carbonyl (C=O) groups is 13. The number of nitrogens with zero attached hydrogens (tertiary/aromatic N) is 4. The van der Waals surface area contributed by atoms with Crippen LogP contribution in [-0.4, -0.2) is 240 Å². The summed E-state index contributed by atoms with van der Waals surface area (Å²) in [6.45, 7) is 5.67. The topological polar surface area (TPSA) is 435 Å². The zero-order valence-electron chi connectivity index (χ0n) is 49.7. The summed E-state index contributed by atoms with van der Waals surface area (Å²) in [6, 6.07) is -16.4. The van der Waals surface area contributed by atoms with Crippen LogP contribution in [0.2, 0.25) is 0 Å². The Morgan fingerprint density at radius 2 is 1.15 bits per heavy atom. The molecular formula is C54H83N15O15S4. The third-order valence-corrected chi connectivity index (χ3v) is 20.9. The summed E-state index contributed by atoms with van der Waals surface area (Å²) in [6.07, 6.45) is 5.81. The fourth-order valence-corrected chi connectivity index (χ4v) is 15.4. The molecule has 0 aromatic carbocycles. The average molecular weight is 1310 g/mol. The number of carboxylic acids is 1. The number of aliphatic hydroxyl groups excluding tert-OH is 1. The van der Waals surface area contributed by atoms with E-state index in [1.807, 2.05) is 6.92 Å². The molecular weight excluding hydrogens is 1230 g/mol. The van der Waals surface area contributed by atoms with Crippen molar-refractivity contribution in [1.29, 1.82) is 0 Å². The molecule has 88 heavy (non-hydrogen) atoms. The normalized spacial score (nSPS) is 29.8. The molecule has 1 aromatic rings. The van der Waals surface area contributed by atoms with Crippen LogP contribution in [-0.2, 0) is 68.7 Å². The van der Waals surface area contributed by atoms with Crippen molar-refractivity contribution in [3.63, 3.8) is 0 Å². The summed E-state index contributed by atoms with van der Waals surface area (Å²) in [5, 5.41) is 44.8. The molecule has 0 radical (unpaired) electrons. The summed E-state index contributed by atoms with van der Waals surface area (Å²) < 4.78 is 0. The number of amides is 12. The number of hydrogen-bond acceptors (Lipinski definition) is 20. The molecule has 5 aliphatic rings. The molecule has 30 nitrogen and oxygen atoms in total. The van der Waals surface area contributed by atoms with Crippen LogP contribution in [0.15, 0.2) is 12.5 Å². The summed E-state index contributed by atoms with van der Waals surface area (Å²) in [7, 11) is 3.70. The van der Waals surface area contributed by atoms with E-state index in [0.29, 0.717) is 44.2 Å². The highest BCUT2D eigenvalue weighted by molar-refractivity contribution is 8.77. The number of carboxylic acid groups (broad SMARTS) is 1. The summed E-state index contributed by atoms with van der Waals surface area (Å²) in [4.78, 5) is 196. The van der Waals surface area contributed by atoms with Crippen molar-refractivity contribution >= 4 is 120 Å². The minimum Gasteiger partial charge on any atom is -0.480 e. The zero-order valence-corrected chi connectivity index (χ0v) is 53.0. The Morgan fingerprint density at radius 3 is 1.73 bits per heavy atom. The SMILES string of the molecule is CCCC[C@@H]1NC(=O)[C@H](CC)NC(=O)[C@H]([C@H](C)CC)NC(=O)[C@@H]2CSSC[C@H](NC(=O)CN)C(=O)N[C@@H](CSSC[C@@H](C(=O)O)NC(=O)[C@@H]3CCCN3C1=O)C(=O)N[C@@H](CO)C(=O)N[C@@H](Cc1cnc[nH]1)C(=O)N1CCC[C@H]1C(=O)N1CCC[C@H]1C(=O)N2. The Bertz CT molecular complexity index is 2680. The largest absolute Gasteiger partial charge is 0.480 e. The quantitative estimate of drug-likeness (QED) is 0.0915. The van der Waals surface area contributed by atoms with Gasteiger partial charge in [0.15, 0.2) is 0 Å². The number of rotatable bonds is 12. The van der Waals surface area contributed by atoms with Crippen LogP contribution in [0, 0.1) is 5.92 Å². The van der Waals surface area contributed by atoms with Crippen LogP contribution >= 0.6 is 43.2 Å². The lowest BCUT2D eigenvalue weighted by Gasteiger charge is -2.33. The van der Waals surface area contributed by atoms with Gasteiger partial charge in [-0.05, 0) is 57.3 Å². The van der Waals surface area contributed by atoms with Crippen molar-refractivity contribution in [3.8, 4) is 0 Å². The second kappa shape index (κ2) is 34.6. The lowest BCUT2D eigenvalue weighted by molar-refractivity contribution is -0.148. The molecule has 5 aliphatic heterocycles. The molecule has 6 rings (SSSR count). The average Bonchev–Trinajstić information content (AvgIpc) is 2.01. The molecule has 12 amide bonds. The van der Waals surface area contributed by atoms with Crippen LogP contribution in [0.1, 0.15) is 104 Å². The number of nitrogens with one attached hydrogen (secondary N) is 10. The molecule has 13 atom stereocenters. The molecule has 2 bridgehead atoms. The maximum absolute atomic E-state index is 14.8. The number of H-pyrrole nitrogens is 1. The number of nitrogens with two attached hydrogens (primary N) is 1. The van der Waals surface area contributed by atoms with E-state index in [9.17, 15) is 72.5 Å². The first-order chi connectivity index (χ1) is 42.1. The van der Waals surface area contributed by atoms with Gasteiger partial charge in [0.25, 0.3) is 0 Å².